The number of pyridine rings is 1. The Morgan fingerprint density at radius 2 is 1.97 bits per heavy atom. The normalized spacial score (nSPS) is 22.3. The van der Waals surface area contributed by atoms with Crippen molar-refractivity contribution in [2.45, 2.75) is 56.4 Å². The number of aromatic nitrogens is 1. The minimum absolute atomic E-state index is 0.0556. The summed E-state index contributed by atoms with van der Waals surface area (Å²) in [7, 11) is 0. The lowest BCUT2D eigenvalue weighted by atomic mass is 9.88. The van der Waals surface area contributed by atoms with Crippen molar-refractivity contribution in [2.75, 3.05) is 0 Å². The summed E-state index contributed by atoms with van der Waals surface area (Å²) in [6, 6.07) is 4.06. The van der Waals surface area contributed by atoms with E-state index in [0.29, 0.717) is 17.2 Å². The van der Waals surface area contributed by atoms with Gasteiger partial charge in [-0.25, -0.2) is 13.2 Å². The van der Waals surface area contributed by atoms with E-state index in [0.717, 1.165) is 6.20 Å². The molecule has 1 aliphatic carbocycles. The fourth-order valence-electron chi connectivity index (χ4n) is 4.79. The van der Waals surface area contributed by atoms with Gasteiger partial charge >= 0.3 is 0 Å². The molecule has 2 N–H and O–H groups in total. The highest BCUT2D eigenvalue weighted by molar-refractivity contribution is 6.06. The molecule has 5 rings (SSSR count). The van der Waals surface area contributed by atoms with Crippen molar-refractivity contribution in [1.82, 2.24) is 20.5 Å². The van der Waals surface area contributed by atoms with E-state index in [1.165, 1.54) is 30.0 Å². The summed E-state index contributed by atoms with van der Waals surface area (Å²) in [5.74, 6) is -4.07. The van der Waals surface area contributed by atoms with Crippen molar-refractivity contribution in [3.63, 3.8) is 0 Å². The van der Waals surface area contributed by atoms with Gasteiger partial charge in [0.1, 0.15) is 34.6 Å². The number of nitrogens with one attached hydrogen (secondary N) is 2. The zero-order valence-electron chi connectivity index (χ0n) is 18.7. The third kappa shape index (κ3) is 3.75. The Balaban J connectivity index is 1.40. The molecule has 2 atom stereocenters. The van der Waals surface area contributed by atoms with Gasteiger partial charge in [0.2, 0.25) is 11.8 Å². The third-order valence-corrected chi connectivity index (χ3v) is 7.02. The van der Waals surface area contributed by atoms with Gasteiger partial charge in [0, 0.05) is 30.2 Å². The lowest BCUT2D eigenvalue weighted by Crippen LogP contribution is -2.52. The number of rotatable bonds is 5. The van der Waals surface area contributed by atoms with Gasteiger partial charge in [-0.2, -0.15) is 0 Å². The molecule has 3 heterocycles. The van der Waals surface area contributed by atoms with Crippen LogP contribution in [0.3, 0.4) is 0 Å². The number of alkyl halides is 1. The molecule has 8 nitrogen and oxygen atoms in total. The molecule has 2 fully saturated rings. The Bertz CT molecular complexity index is 1300. The van der Waals surface area contributed by atoms with Gasteiger partial charge in [-0.15, -0.1) is 0 Å². The molecule has 11 heteroatoms. The predicted molar refractivity (Wildman–Crippen MR) is 115 cm³/mol. The number of fused-ring (bicyclic) bond motifs is 1. The molecule has 35 heavy (non-hydrogen) atoms. The van der Waals surface area contributed by atoms with Crippen molar-refractivity contribution in [2.24, 2.45) is 0 Å². The molecule has 4 amide bonds. The quantitative estimate of drug-likeness (QED) is 0.631. The van der Waals surface area contributed by atoms with Crippen LogP contribution in [0.1, 0.15) is 64.6 Å². The number of imide groups is 1. The van der Waals surface area contributed by atoms with Crippen LogP contribution in [-0.2, 0) is 21.7 Å². The monoisotopic (exact) mass is 486 g/mol. The standard InChI is InChI=1S/C24H21F3N4O4/c1-23(24(27)6-7-24,19-16(26)9-14(25)10-28-19)30-20(33)12-2-3-15-13(8-12)11-31(22(15)35)17-4-5-18(32)29-21(17)34/h2-3,8-10,17H,4-7,11H2,1H3,(H,30,33)(H,29,32,34)/t17?,23-/m0/s1. The molecule has 1 saturated carbocycles. The largest absolute Gasteiger partial charge is 0.338 e. The van der Waals surface area contributed by atoms with E-state index in [4.69, 9.17) is 0 Å². The van der Waals surface area contributed by atoms with Gasteiger partial charge in [-0.1, -0.05) is 0 Å². The van der Waals surface area contributed by atoms with Crippen molar-refractivity contribution < 1.29 is 32.3 Å². The molecule has 1 aromatic carbocycles. The van der Waals surface area contributed by atoms with Gasteiger partial charge in [0.15, 0.2) is 0 Å². The first kappa shape index (κ1) is 23.0. The molecule has 1 saturated heterocycles. The van der Waals surface area contributed by atoms with Crippen LogP contribution in [0.2, 0.25) is 0 Å². The molecule has 0 bridgehead atoms. The van der Waals surface area contributed by atoms with Crippen molar-refractivity contribution in [3.05, 3.63) is 64.5 Å². The second kappa shape index (κ2) is 7.89. The van der Waals surface area contributed by atoms with E-state index in [9.17, 15) is 28.0 Å². The summed E-state index contributed by atoms with van der Waals surface area (Å²) in [5.41, 5.74) is -3.32. The predicted octanol–water partition coefficient (Wildman–Crippen LogP) is 2.27. The molecule has 182 valence electrons. The fourth-order valence-corrected chi connectivity index (χ4v) is 4.79. The zero-order valence-corrected chi connectivity index (χ0v) is 18.7. The van der Waals surface area contributed by atoms with Crippen LogP contribution in [-0.4, -0.2) is 45.2 Å². The van der Waals surface area contributed by atoms with Crippen molar-refractivity contribution in [1.29, 1.82) is 0 Å². The molecule has 3 aliphatic rings. The Hall–Kier alpha value is -3.76. The molecule has 2 aromatic rings. The molecular weight excluding hydrogens is 465 g/mol. The minimum atomic E-state index is -1.95. The van der Waals surface area contributed by atoms with Crippen LogP contribution < -0.4 is 10.6 Å². The SMILES string of the molecule is C[C@](NC(=O)c1ccc2c(c1)CN(C1CCC(=O)NC1=O)C2=O)(c1ncc(F)cc1F)C1(F)CC1. The topological polar surface area (TPSA) is 108 Å². The first-order valence-corrected chi connectivity index (χ1v) is 11.1. The van der Waals surface area contributed by atoms with E-state index in [2.05, 4.69) is 15.6 Å². The zero-order chi connectivity index (χ0) is 25.1. The van der Waals surface area contributed by atoms with Crippen LogP contribution in [0.5, 0.6) is 0 Å². The maximum atomic E-state index is 15.4. The number of nitrogens with zero attached hydrogens (tertiary/aromatic N) is 2. The summed E-state index contributed by atoms with van der Waals surface area (Å²) in [4.78, 5) is 54.7. The van der Waals surface area contributed by atoms with Gasteiger partial charge in [0.25, 0.3) is 11.8 Å². The summed E-state index contributed by atoms with van der Waals surface area (Å²) in [5, 5.41) is 4.76. The Morgan fingerprint density at radius 3 is 2.63 bits per heavy atom. The van der Waals surface area contributed by atoms with Gasteiger partial charge in [-0.3, -0.25) is 29.5 Å². The second-order valence-corrected chi connectivity index (χ2v) is 9.30. The molecule has 2 aliphatic heterocycles. The van der Waals surface area contributed by atoms with Crippen LogP contribution in [0, 0.1) is 11.6 Å². The molecule has 1 aromatic heterocycles. The number of amides is 4. The average molecular weight is 486 g/mol. The minimum Gasteiger partial charge on any atom is -0.338 e. The average Bonchev–Trinajstić information content (AvgIpc) is 3.48. The number of hydrogen-bond donors (Lipinski definition) is 2. The van der Waals surface area contributed by atoms with Gasteiger partial charge in [-0.05, 0) is 49.9 Å². The van der Waals surface area contributed by atoms with Crippen LogP contribution in [0.4, 0.5) is 13.2 Å². The summed E-state index contributed by atoms with van der Waals surface area (Å²) < 4.78 is 43.3. The molecule has 0 radical (unpaired) electrons. The van der Waals surface area contributed by atoms with Crippen LogP contribution >= 0.6 is 0 Å². The van der Waals surface area contributed by atoms with Gasteiger partial charge < -0.3 is 10.2 Å². The molecule has 0 spiro atoms. The summed E-state index contributed by atoms with van der Waals surface area (Å²) in [6.07, 6.45) is 1.22. The molecule has 1 unspecified atom stereocenters. The van der Waals surface area contributed by atoms with Crippen LogP contribution in [0.15, 0.2) is 30.5 Å². The first-order chi connectivity index (χ1) is 16.5. The third-order valence-electron chi connectivity index (χ3n) is 7.02. The van der Waals surface area contributed by atoms with E-state index in [-0.39, 0.29) is 37.8 Å². The van der Waals surface area contributed by atoms with Crippen molar-refractivity contribution in [3.8, 4) is 0 Å². The highest BCUT2D eigenvalue weighted by atomic mass is 19.1. The van der Waals surface area contributed by atoms with E-state index < -0.39 is 58.2 Å². The number of halogens is 3. The number of carbonyl (C=O) groups is 4. The number of benzene rings is 1. The smallest absolute Gasteiger partial charge is 0.255 e. The lowest BCUT2D eigenvalue weighted by molar-refractivity contribution is -0.136. The fraction of sp³-hybridized carbons (Fsp3) is 0.375. The van der Waals surface area contributed by atoms with E-state index in [1.54, 1.807) is 0 Å². The maximum absolute atomic E-state index is 15.4. The maximum Gasteiger partial charge on any atom is 0.255 e. The summed E-state index contributed by atoms with van der Waals surface area (Å²) >= 11 is 0. The summed E-state index contributed by atoms with van der Waals surface area (Å²) in [6.45, 7) is 1.36. The van der Waals surface area contributed by atoms with Gasteiger partial charge in [0.05, 0.1) is 6.20 Å². The lowest BCUT2D eigenvalue weighted by Gasteiger charge is -2.34. The Kier molecular flexibility index (Phi) is 5.19. The van der Waals surface area contributed by atoms with E-state index in [1.807, 2.05) is 0 Å². The Morgan fingerprint density at radius 1 is 1.23 bits per heavy atom. The number of hydrogen-bond acceptors (Lipinski definition) is 5. The second-order valence-electron chi connectivity index (χ2n) is 9.30. The van der Waals surface area contributed by atoms with E-state index >= 15 is 4.39 Å². The van der Waals surface area contributed by atoms with Crippen LogP contribution in [0.25, 0.3) is 0 Å². The Labute approximate surface area is 197 Å². The highest BCUT2D eigenvalue weighted by Crippen LogP contribution is 2.53. The highest BCUT2D eigenvalue weighted by Gasteiger charge is 2.61. The number of carbonyl (C=O) groups excluding carboxylic acids is 4. The van der Waals surface area contributed by atoms with Crippen molar-refractivity contribution >= 4 is 23.6 Å². The first-order valence-electron chi connectivity index (χ1n) is 11.1. The molecular formula is C24H21F3N4O4. The number of piperidine rings is 1.